The number of fused-ring (bicyclic) bond motifs is 1. The Hall–Kier alpha value is -2.28. The molecular formula is C16H17FN4OS. The van der Waals surface area contributed by atoms with Crippen LogP contribution < -0.4 is 5.32 Å². The third-order valence-corrected chi connectivity index (χ3v) is 4.26. The molecule has 3 rings (SSSR count). The minimum absolute atomic E-state index is 0.198. The lowest BCUT2D eigenvalue weighted by molar-refractivity contribution is 0.102. The van der Waals surface area contributed by atoms with E-state index in [1.165, 1.54) is 23.5 Å². The van der Waals surface area contributed by atoms with Gasteiger partial charge in [0.25, 0.3) is 5.91 Å². The van der Waals surface area contributed by atoms with Gasteiger partial charge in [-0.25, -0.2) is 9.37 Å². The van der Waals surface area contributed by atoms with Crippen molar-refractivity contribution in [3.8, 4) is 0 Å². The van der Waals surface area contributed by atoms with Crippen molar-refractivity contribution in [2.45, 2.75) is 33.2 Å². The molecule has 0 saturated heterocycles. The van der Waals surface area contributed by atoms with E-state index < -0.39 is 0 Å². The monoisotopic (exact) mass is 332 g/mol. The molecular weight excluding hydrogens is 315 g/mol. The van der Waals surface area contributed by atoms with Crippen LogP contribution >= 0.6 is 11.3 Å². The molecule has 0 fully saturated rings. The highest BCUT2D eigenvalue weighted by molar-refractivity contribution is 7.22. The molecule has 2 aromatic heterocycles. The molecule has 0 aliphatic carbocycles. The summed E-state index contributed by atoms with van der Waals surface area (Å²) in [6, 6.07) is 6.09. The van der Waals surface area contributed by atoms with E-state index in [9.17, 15) is 9.18 Å². The molecule has 120 valence electrons. The first-order chi connectivity index (χ1) is 10.7. The Morgan fingerprint density at radius 2 is 2.04 bits per heavy atom. The Kier molecular flexibility index (Phi) is 3.68. The van der Waals surface area contributed by atoms with Crippen LogP contribution in [0.5, 0.6) is 0 Å². The lowest BCUT2D eigenvalue weighted by atomic mass is 10.1. The maximum Gasteiger partial charge on any atom is 0.277 e. The molecule has 1 aromatic carbocycles. The number of carbonyl (C=O) groups is 1. The summed E-state index contributed by atoms with van der Waals surface area (Å²) in [4.78, 5) is 16.6. The van der Waals surface area contributed by atoms with Gasteiger partial charge in [0, 0.05) is 5.69 Å². The Morgan fingerprint density at radius 1 is 1.30 bits per heavy atom. The fourth-order valence-corrected chi connectivity index (χ4v) is 3.26. The molecule has 0 radical (unpaired) electrons. The second-order valence-corrected chi connectivity index (χ2v) is 7.37. The molecule has 2 heterocycles. The quantitative estimate of drug-likeness (QED) is 0.773. The number of anilines is 1. The summed E-state index contributed by atoms with van der Waals surface area (Å²) in [5, 5.41) is 7.53. The Balaban J connectivity index is 1.86. The van der Waals surface area contributed by atoms with Crippen LogP contribution in [0.2, 0.25) is 0 Å². The standard InChI is InChI=1S/C16H17FN4OS/c1-9-7-12(20-21(9)16(2,3)4)14(22)19-15-18-11-6-5-10(17)8-13(11)23-15/h5-8H,1-4H3,(H,18,19,22). The van der Waals surface area contributed by atoms with Gasteiger partial charge in [0.2, 0.25) is 0 Å². The van der Waals surface area contributed by atoms with Gasteiger partial charge in [-0.1, -0.05) is 11.3 Å². The molecule has 7 heteroatoms. The third-order valence-electron chi connectivity index (χ3n) is 3.33. The predicted octanol–water partition coefficient (Wildman–Crippen LogP) is 3.95. The highest BCUT2D eigenvalue weighted by Crippen LogP contribution is 2.27. The van der Waals surface area contributed by atoms with Gasteiger partial charge in [-0.3, -0.25) is 14.8 Å². The summed E-state index contributed by atoms with van der Waals surface area (Å²) in [6.07, 6.45) is 0. The third kappa shape index (κ3) is 3.10. The molecule has 1 amide bonds. The number of carbonyl (C=O) groups excluding carboxylic acids is 1. The number of halogens is 1. The van der Waals surface area contributed by atoms with Crippen LogP contribution in [0.4, 0.5) is 9.52 Å². The lowest BCUT2D eigenvalue weighted by Crippen LogP contribution is -2.25. The zero-order valence-electron chi connectivity index (χ0n) is 13.3. The maximum atomic E-state index is 13.2. The molecule has 0 atom stereocenters. The summed E-state index contributed by atoms with van der Waals surface area (Å²) in [7, 11) is 0. The van der Waals surface area contributed by atoms with Gasteiger partial charge in [0.05, 0.1) is 15.8 Å². The van der Waals surface area contributed by atoms with E-state index in [0.717, 1.165) is 5.69 Å². The van der Waals surface area contributed by atoms with Crippen LogP contribution in [0.15, 0.2) is 24.3 Å². The van der Waals surface area contributed by atoms with Crippen molar-refractivity contribution in [1.29, 1.82) is 0 Å². The Bertz CT molecular complexity index is 891. The number of thiazole rings is 1. The number of hydrogen-bond donors (Lipinski definition) is 1. The van der Waals surface area contributed by atoms with Gasteiger partial charge in [0.15, 0.2) is 10.8 Å². The molecule has 0 saturated carbocycles. The first kappa shape index (κ1) is 15.6. The van der Waals surface area contributed by atoms with E-state index in [2.05, 4.69) is 15.4 Å². The van der Waals surface area contributed by atoms with Gasteiger partial charge in [-0.2, -0.15) is 5.10 Å². The predicted molar refractivity (Wildman–Crippen MR) is 89.5 cm³/mol. The van der Waals surface area contributed by atoms with E-state index in [-0.39, 0.29) is 17.3 Å². The average molecular weight is 332 g/mol. The van der Waals surface area contributed by atoms with Crippen molar-refractivity contribution >= 4 is 32.6 Å². The Labute approximate surface area is 137 Å². The molecule has 0 bridgehead atoms. The minimum Gasteiger partial charge on any atom is -0.296 e. The van der Waals surface area contributed by atoms with Gasteiger partial charge < -0.3 is 0 Å². The van der Waals surface area contributed by atoms with Gasteiger partial charge in [-0.15, -0.1) is 0 Å². The second-order valence-electron chi connectivity index (χ2n) is 6.34. The maximum absolute atomic E-state index is 13.2. The Morgan fingerprint density at radius 3 is 2.70 bits per heavy atom. The van der Waals surface area contributed by atoms with Crippen LogP contribution in [-0.2, 0) is 5.54 Å². The van der Waals surface area contributed by atoms with E-state index in [1.54, 1.807) is 12.1 Å². The number of nitrogens with zero attached hydrogens (tertiary/aromatic N) is 3. The van der Waals surface area contributed by atoms with E-state index in [4.69, 9.17) is 0 Å². The second kappa shape index (κ2) is 5.42. The van der Waals surface area contributed by atoms with Crippen LogP contribution in [0.3, 0.4) is 0 Å². The average Bonchev–Trinajstić information content (AvgIpc) is 3.00. The van der Waals surface area contributed by atoms with Crippen molar-refractivity contribution in [3.05, 3.63) is 41.5 Å². The van der Waals surface area contributed by atoms with Gasteiger partial charge in [-0.05, 0) is 52.0 Å². The number of nitrogens with one attached hydrogen (secondary N) is 1. The van der Waals surface area contributed by atoms with E-state index in [1.807, 2.05) is 32.4 Å². The topological polar surface area (TPSA) is 59.8 Å². The fraction of sp³-hybridized carbons (Fsp3) is 0.312. The van der Waals surface area contributed by atoms with Gasteiger partial charge in [0.1, 0.15) is 5.82 Å². The molecule has 23 heavy (non-hydrogen) atoms. The zero-order valence-corrected chi connectivity index (χ0v) is 14.2. The summed E-state index contributed by atoms with van der Waals surface area (Å²) >= 11 is 1.23. The van der Waals surface area contributed by atoms with Crippen LogP contribution in [0, 0.1) is 12.7 Å². The molecule has 3 aromatic rings. The number of rotatable bonds is 2. The smallest absolute Gasteiger partial charge is 0.277 e. The van der Waals surface area contributed by atoms with Crippen molar-refractivity contribution in [3.63, 3.8) is 0 Å². The van der Waals surface area contributed by atoms with Crippen molar-refractivity contribution in [1.82, 2.24) is 14.8 Å². The van der Waals surface area contributed by atoms with E-state index >= 15 is 0 Å². The molecule has 0 spiro atoms. The molecule has 0 aliphatic heterocycles. The highest BCUT2D eigenvalue weighted by atomic mass is 32.1. The van der Waals surface area contributed by atoms with Crippen LogP contribution in [0.25, 0.3) is 10.2 Å². The zero-order chi connectivity index (χ0) is 16.8. The van der Waals surface area contributed by atoms with Crippen molar-refractivity contribution < 1.29 is 9.18 Å². The first-order valence-corrected chi connectivity index (χ1v) is 8.00. The summed E-state index contributed by atoms with van der Waals surface area (Å²) in [5.74, 6) is -0.644. The number of aryl methyl sites for hydroxylation is 1. The SMILES string of the molecule is Cc1cc(C(=O)Nc2nc3ccc(F)cc3s2)nn1C(C)(C)C. The summed E-state index contributed by atoms with van der Waals surface area (Å²) in [6.45, 7) is 7.99. The fourth-order valence-electron chi connectivity index (χ4n) is 2.38. The van der Waals surface area contributed by atoms with Crippen LogP contribution in [0.1, 0.15) is 37.0 Å². The number of benzene rings is 1. The normalized spacial score (nSPS) is 11.9. The van der Waals surface area contributed by atoms with E-state index in [0.29, 0.717) is 21.0 Å². The molecule has 0 aliphatic rings. The van der Waals surface area contributed by atoms with Crippen LogP contribution in [-0.4, -0.2) is 20.7 Å². The first-order valence-electron chi connectivity index (χ1n) is 7.18. The summed E-state index contributed by atoms with van der Waals surface area (Å²) in [5.41, 5.74) is 1.70. The highest BCUT2D eigenvalue weighted by Gasteiger charge is 2.20. The lowest BCUT2D eigenvalue weighted by Gasteiger charge is -2.21. The number of hydrogen-bond acceptors (Lipinski definition) is 4. The summed E-state index contributed by atoms with van der Waals surface area (Å²) < 4.78 is 15.7. The minimum atomic E-state index is -0.323. The largest absolute Gasteiger partial charge is 0.296 e. The van der Waals surface area contributed by atoms with Crippen molar-refractivity contribution in [2.75, 3.05) is 5.32 Å². The molecule has 0 unspecified atom stereocenters. The molecule has 5 nitrogen and oxygen atoms in total. The van der Waals surface area contributed by atoms with Gasteiger partial charge >= 0.3 is 0 Å². The molecule has 1 N–H and O–H groups in total. The van der Waals surface area contributed by atoms with Crippen molar-refractivity contribution in [2.24, 2.45) is 0 Å². The number of aromatic nitrogens is 3. The number of amides is 1.